The number of phenols is 1. The number of benzene rings is 2. The van der Waals surface area contributed by atoms with E-state index in [9.17, 15) is 9.90 Å². The standard InChI is InChI=1S/C19H21NO4/c1-23-15-9-10-18(24-2)16(12-15)17-4-3-11-20(17)19(22)13-5-7-14(21)8-6-13/h5-10,12,17,21H,3-4,11H2,1-2H3. The fraction of sp³-hybridized carbons (Fsp3) is 0.316. The fourth-order valence-electron chi connectivity index (χ4n) is 3.20. The Bertz CT molecular complexity index is 727. The molecule has 126 valence electrons. The van der Waals surface area contributed by atoms with Crippen LogP contribution in [0.1, 0.15) is 34.8 Å². The maximum atomic E-state index is 12.9. The number of rotatable bonds is 4. The zero-order valence-electron chi connectivity index (χ0n) is 13.9. The highest BCUT2D eigenvalue weighted by Gasteiger charge is 2.32. The minimum atomic E-state index is -0.0450. The number of methoxy groups -OCH3 is 2. The first kappa shape index (κ1) is 16.2. The highest BCUT2D eigenvalue weighted by Crippen LogP contribution is 2.39. The predicted molar refractivity (Wildman–Crippen MR) is 90.7 cm³/mol. The number of hydrogen-bond donors (Lipinski definition) is 1. The van der Waals surface area contributed by atoms with Crippen molar-refractivity contribution in [2.24, 2.45) is 0 Å². The van der Waals surface area contributed by atoms with Crippen molar-refractivity contribution in [3.63, 3.8) is 0 Å². The van der Waals surface area contributed by atoms with E-state index in [1.807, 2.05) is 23.1 Å². The monoisotopic (exact) mass is 327 g/mol. The van der Waals surface area contributed by atoms with Gasteiger partial charge in [-0.2, -0.15) is 0 Å². The second-order valence-electron chi connectivity index (χ2n) is 5.81. The van der Waals surface area contributed by atoms with Crippen LogP contribution in [0.4, 0.5) is 0 Å². The van der Waals surface area contributed by atoms with Gasteiger partial charge in [0.1, 0.15) is 17.2 Å². The molecule has 5 nitrogen and oxygen atoms in total. The summed E-state index contributed by atoms with van der Waals surface area (Å²) in [5.41, 5.74) is 1.53. The van der Waals surface area contributed by atoms with E-state index >= 15 is 0 Å². The molecule has 1 N–H and O–H groups in total. The second-order valence-corrected chi connectivity index (χ2v) is 5.81. The minimum absolute atomic E-state index is 0.0395. The molecule has 0 radical (unpaired) electrons. The molecule has 0 aliphatic carbocycles. The number of carbonyl (C=O) groups excluding carboxylic acids is 1. The van der Waals surface area contributed by atoms with E-state index in [-0.39, 0.29) is 17.7 Å². The first-order valence-corrected chi connectivity index (χ1v) is 7.96. The summed E-state index contributed by atoms with van der Waals surface area (Å²) < 4.78 is 10.8. The summed E-state index contributed by atoms with van der Waals surface area (Å²) in [5, 5.41) is 9.40. The Labute approximate surface area is 141 Å². The Kier molecular flexibility index (Phi) is 4.60. The summed E-state index contributed by atoms with van der Waals surface area (Å²) in [6.07, 6.45) is 1.82. The lowest BCUT2D eigenvalue weighted by molar-refractivity contribution is 0.0734. The number of hydrogen-bond acceptors (Lipinski definition) is 4. The van der Waals surface area contributed by atoms with E-state index in [0.717, 1.165) is 29.9 Å². The van der Waals surface area contributed by atoms with E-state index < -0.39 is 0 Å². The molecule has 0 saturated carbocycles. The zero-order chi connectivity index (χ0) is 17.1. The van der Waals surface area contributed by atoms with Crippen molar-refractivity contribution in [2.75, 3.05) is 20.8 Å². The summed E-state index contributed by atoms with van der Waals surface area (Å²) in [6, 6.07) is 12.0. The van der Waals surface area contributed by atoms with Crippen molar-refractivity contribution in [1.82, 2.24) is 4.90 Å². The van der Waals surface area contributed by atoms with Crippen LogP contribution in [0.15, 0.2) is 42.5 Å². The van der Waals surface area contributed by atoms with Crippen molar-refractivity contribution >= 4 is 5.91 Å². The van der Waals surface area contributed by atoms with Crippen molar-refractivity contribution in [2.45, 2.75) is 18.9 Å². The summed E-state index contributed by atoms with van der Waals surface area (Å²) in [6.45, 7) is 0.699. The topological polar surface area (TPSA) is 59.0 Å². The van der Waals surface area contributed by atoms with Gasteiger partial charge in [-0.05, 0) is 55.3 Å². The molecule has 1 saturated heterocycles. The molecule has 1 aliphatic heterocycles. The van der Waals surface area contributed by atoms with Gasteiger partial charge in [-0.3, -0.25) is 4.79 Å². The van der Waals surface area contributed by atoms with Crippen LogP contribution in [0.5, 0.6) is 17.2 Å². The molecule has 5 heteroatoms. The molecule has 1 aliphatic rings. The molecule has 2 aromatic rings. The predicted octanol–water partition coefficient (Wildman–Crippen LogP) is 3.39. The Morgan fingerprint density at radius 1 is 1.12 bits per heavy atom. The summed E-state index contributed by atoms with van der Waals surface area (Å²) in [4.78, 5) is 14.7. The van der Waals surface area contributed by atoms with E-state index in [4.69, 9.17) is 9.47 Å². The van der Waals surface area contributed by atoms with Crippen LogP contribution in [0, 0.1) is 0 Å². The van der Waals surface area contributed by atoms with E-state index in [1.54, 1.807) is 26.4 Å². The van der Waals surface area contributed by atoms with Gasteiger partial charge in [0.2, 0.25) is 0 Å². The average molecular weight is 327 g/mol. The SMILES string of the molecule is COc1ccc(OC)c(C2CCCN2C(=O)c2ccc(O)cc2)c1. The highest BCUT2D eigenvalue weighted by molar-refractivity contribution is 5.94. The summed E-state index contributed by atoms with van der Waals surface area (Å²) in [7, 11) is 3.26. The van der Waals surface area contributed by atoms with E-state index in [0.29, 0.717) is 12.1 Å². The molecule has 1 heterocycles. The smallest absolute Gasteiger partial charge is 0.254 e. The van der Waals surface area contributed by atoms with Gasteiger partial charge < -0.3 is 19.5 Å². The number of nitrogens with zero attached hydrogens (tertiary/aromatic N) is 1. The van der Waals surface area contributed by atoms with Crippen LogP contribution in [0.25, 0.3) is 0 Å². The van der Waals surface area contributed by atoms with Gasteiger partial charge in [-0.15, -0.1) is 0 Å². The molecular formula is C19H21NO4. The zero-order valence-corrected chi connectivity index (χ0v) is 13.9. The fourth-order valence-corrected chi connectivity index (χ4v) is 3.20. The van der Waals surface area contributed by atoms with Crippen LogP contribution in [-0.4, -0.2) is 36.7 Å². The van der Waals surface area contributed by atoms with Crippen LogP contribution in [-0.2, 0) is 0 Å². The van der Waals surface area contributed by atoms with Gasteiger partial charge in [0.25, 0.3) is 5.91 Å². The van der Waals surface area contributed by atoms with Gasteiger partial charge in [0, 0.05) is 17.7 Å². The van der Waals surface area contributed by atoms with Gasteiger partial charge >= 0.3 is 0 Å². The molecule has 2 aromatic carbocycles. The number of amides is 1. The Hall–Kier alpha value is -2.69. The number of phenolic OH excluding ortho intramolecular Hbond substituents is 1. The molecule has 0 bridgehead atoms. The first-order valence-electron chi connectivity index (χ1n) is 7.96. The van der Waals surface area contributed by atoms with Gasteiger partial charge in [-0.1, -0.05) is 0 Å². The molecule has 1 unspecified atom stereocenters. The van der Waals surface area contributed by atoms with Crippen molar-refractivity contribution in [3.8, 4) is 17.2 Å². The first-order chi connectivity index (χ1) is 11.6. The van der Waals surface area contributed by atoms with Crippen molar-refractivity contribution < 1.29 is 19.4 Å². The third-order valence-electron chi connectivity index (χ3n) is 4.42. The lowest BCUT2D eigenvalue weighted by atomic mass is 10.0. The third kappa shape index (κ3) is 3.02. The number of aromatic hydroxyl groups is 1. The Balaban J connectivity index is 1.93. The summed E-state index contributed by atoms with van der Waals surface area (Å²) in [5.74, 6) is 1.61. The second kappa shape index (κ2) is 6.83. The molecule has 0 spiro atoms. The molecule has 1 atom stereocenters. The lowest BCUT2D eigenvalue weighted by Crippen LogP contribution is -2.30. The Morgan fingerprint density at radius 3 is 2.54 bits per heavy atom. The Morgan fingerprint density at radius 2 is 1.88 bits per heavy atom. The molecule has 1 fully saturated rings. The van der Waals surface area contributed by atoms with Crippen LogP contribution in [0.3, 0.4) is 0 Å². The van der Waals surface area contributed by atoms with E-state index in [1.165, 1.54) is 12.1 Å². The molecule has 0 aromatic heterocycles. The lowest BCUT2D eigenvalue weighted by Gasteiger charge is -2.26. The quantitative estimate of drug-likeness (QED) is 0.935. The number of likely N-dealkylation sites (tertiary alicyclic amines) is 1. The van der Waals surface area contributed by atoms with Crippen LogP contribution < -0.4 is 9.47 Å². The maximum Gasteiger partial charge on any atom is 0.254 e. The molecule has 24 heavy (non-hydrogen) atoms. The largest absolute Gasteiger partial charge is 0.508 e. The van der Waals surface area contributed by atoms with Crippen LogP contribution in [0.2, 0.25) is 0 Å². The molecular weight excluding hydrogens is 306 g/mol. The van der Waals surface area contributed by atoms with Crippen molar-refractivity contribution in [1.29, 1.82) is 0 Å². The van der Waals surface area contributed by atoms with Gasteiger partial charge in [0.05, 0.1) is 20.3 Å². The summed E-state index contributed by atoms with van der Waals surface area (Å²) >= 11 is 0. The maximum absolute atomic E-state index is 12.9. The third-order valence-corrected chi connectivity index (χ3v) is 4.42. The number of carbonyl (C=O) groups is 1. The van der Waals surface area contributed by atoms with Crippen LogP contribution >= 0.6 is 0 Å². The highest BCUT2D eigenvalue weighted by atomic mass is 16.5. The average Bonchev–Trinajstić information content (AvgIpc) is 3.10. The molecule has 1 amide bonds. The normalized spacial score (nSPS) is 16.9. The van der Waals surface area contributed by atoms with Gasteiger partial charge in [0.15, 0.2) is 0 Å². The van der Waals surface area contributed by atoms with E-state index in [2.05, 4.69) is 0 Å². The minimum Gasteiger partial charge on any atom is -0.508 e. The molecule has 3 rings (SSSR count). The number of ether oxygens (including phenoxy) is 2. The van der Waals surface area contributed by atoms with Gasteiger partial charge in [-0.25, -0.2) is 0 Å². The van der Waals surface area contributed by atoms with Crippen molar-refractivity contribution in [3.05, 3.63) is 53.6 Å².